The van der Waals surface area contributed by atoms with Crippen molar-refractivity contribution in [2.45, 2.75) is 83.9 Å². The number of carbonyl (C=O) groups is 1. The van der Waals surface area contributed by atoms with Crippen LogP contribution in [0.3, 0.4) is 0 Å². The molecule has 0 saturated heterocycles. The van der Waals surface area contributed by atoms with Crippen LogP contribution in [0.5, 0.6) is 0 Å². The summed E-state index contributed by atoms with van der Waals surface area (Å²) in [5.41, 5.74) is 0. The molecule has 0 atom stereocenters. The van der Waals surface area contributed by atoms with E-state index in [4.69, 9.17) is 10.6 Å². The monoisotopic (exact) mass is 284 g/mol. The van der Waals surface area contributed by atoms with Gasteiger partial charge in [-0.05, 0) is 32.1 Å². The van der Waals surface area contributed by atoms with E-state index in [0.717, 1.165) is 51.4 Å². The second-order valence-corrected chi connectivity index (χ2v) is 5.01. The molecule has 2 heteroatoms. The number of carboxylic acids is 1. The molecule has 0 unspecified atom stereocenters. The normalized spacial score (nSPS) is 15.4. The van der Waals surface area contributed by atoms with Crippen LogP contribution in [0.2, 0.25) is 0 Å². The highest BCUT2D eigenvalue weighted by Gasteiger charge is 1.95. The lowest BCUT2D eigenvalue weighted by Crippen LogP contribution is -1.93. The SMILES string of the molecule is [2H]C([2H])C([2H])([2H])CCCC/C=C\C=C/CCCCCCCC(=O)O. The van der Waals surface area contributed by atoms with Gasteiger partial charge in [-0.3, -0.25) is 4.79 Å². The highest BCUT2D eigenvalue weighted by atomic mass is 16.4. The van der Waals surface area contributed by atoms with Crippen molar-refractivity contribution in [3.8, 4) is 0 Å². The molecule has 0 bridgehead atoms. The van der Waals surface area contributed by atoms with Gasteiger partial charge in [0.15, 0.2) is 0 Å². The lowest BCUT2D eigenvalue weighted by molar-refractivity contribution is -0.137. The number of allylic oxidation sites excluding steroid dienone is 4. The summed E-state index contributed by atoms with van der Waals surface area (Å²) < 4.78 is 29.2. The van der Waals surface area contributed by atoms with Gasteiger partial charge in [-0.1, -0.05) is 69.7 Å². The van der Waals surface area contributed by atoms with E-state index in [1.807, 2.05) is 12.2 Å². The zero-order chi connectivity index (χ0) is 18.3. The smallest absolute Gasteiger partial charge is 0.303 e. The second-order valence-electron chi connectivity index (χ2n) is 5.01. The standard InChI is InChI=1S/C18H32O2/c1-2-3-4-5-6-7-8-9-10-11-12-13-14-15-16-17-18(19)20/h7-10H,2-6,11-17H2,1H3,(H,19,20)/b8-7-,10-9-/i1D2,2D2. The highest BCUT2D eigenvalue weighted by Crippen LogP contribution is 2.07. The number of unbranched alkanes of at least 4 members (excludes halogenated alkanes) is 7. The van der Waals surface area contributed by atoms with E-state index in [1.165, 1.54) is 0 Å². The molecule has 2 nitrogen and oxygen atoms in total. The Kier molecular flexibility index (Phi) is 10.1. The zero-order valence-electron chi connectivity index (χ0n) is 16.5. The van der Waals surface area contributed by atoms with E-state index in [2.05, 4.69) is 12.2 Å². The van der Waals surface area contributed by atoms with Crippen molar-refractivity contribution in [3.05, 3.63) is 24.3 Å². The average molecular weight is 284 g/mol. The average Bonchev–Trinajstić information content (AvgIpc) is 2.50. The molecule has 116 valence electrons. The van der Waals surface area contributed by atoms with Gasteiger partial charge in [0.2, 0.25) is 0 Å². The summed E-state index contributed by atoms with van der Waals surface area (Å²) in [6.07, 6.45) is 15.8. The predicted molar refractivity (Wildman–Crippen MR) is 87.0 cm³/mol. The molecule has 0 fully saturated rings. The third-order valence-electron chi connectivity index (χ3n) is 3.09. The van der Waals surface area contributed by atoms with Crippen molar-refractivity contribution >= 4 is 5.97 Å². The van der Waals surface area contributed by atoms with Crippen LogP contribution in [-0.2, 0) is 4.79 Å². The van der Waals surface area contributed by atoms with E-state index >= 15 is 0 Å². The van der Waals surface area contributed by atoms with E-state index in [1.54, 1.807) is 0 Å². The first-order valence-electron chi connectivity index (χ1n) is 9.89. The van der Waals surface area contributed by atoms with Gasteiger partial charge in [-0.15, -0.1) is 0 Å². The third kappa shape index (κ3) is 16.9. The van der Waals surface area contributed by atoms with Gasteiger partial charge in [0.25, 0.3) is 0 Å². The molecule has 0 saturated carbocycles. The Morgan fingerprint density at radius 2 is 1.50 bits per heavy atom. The number of rotatable bonds is 14. The van der Waals surface area contributed by atoms with Crippen LogP contribution in [0, 0.1) is 0 Å². The summed E-state index contributed by atoms with van der Waals surface area (Å²) >= 11 is 0. The van der Waals surface area contributed by atoms with Crippen LogP contribution in [0.25, 0.3) is 0 Å². The van der Waals surface area contributed by atoms with Crippen LogP contribution in [0.15, 0.2) is 24.3 Å². The van der Waals surface area contributed by atoms with Crippen LogP contribution < -0.4 is 0 Å². The molecule has 0 amide bonds. The fraction of sp³-hybridized carbons (Fsp3) is 0.722. The summed E-state index contributed by atoms with van der Waals surface area (Å²) in [6, 6.07) is 0. The molecule has 0 rings (SSSR count). The maximum Gasteiger partial charge on any atom is 0.303 e. The van der Waals surface area contributed by atoms with E-state index < -0.39 is 19.2 Å². The Morgan fingerprint density at radius 1 is 0.950 bits per heavy atom. The molecular weight excluding hydrogens is 248 g/mol. The maximum atomic E-state index is 10.3. The summed E-state index contributed by atoms with van der Waals surface area (Å²) in [7, 11) is 0. The first kappa shape index (κ1) is 12.7. The molecule has 1 N–H and O–H groups in total. The first-order chi connectivity index (χ1) is 11.4. The Morgan fingerprint density at radius 3 is 2.10 bits per heavy atom. The number of aliphatic carboxylic acids is 1. The summed E-state index contributed by atoms with van der Waals surface area (Å²) in [4.78, 5) is 10.3. The van der Waals surface area contributed by atoms with Gasteiger partial charge in [0.1, 0.15) is 0 Å². The Labute approximate surface area is 130 Å². The maximum absolute atomic E-state index is 10.3. The van der Waals surface area contributed by atoms with Crippen molar-refractivity contribution in [3.63, 3.8) is 0 Å². The highest BCUT2D eigenvalue weighted by molar-refractivity contribution is 5.66. The lowest BCUT2D eigenvalue weighted by Gasteiger charge is -1.97. The van der Waals surface area contributed by atoms with Gasteiger partial charge in [0.05, 0.1) is 0 Å². The molecule has 0 aromatic heterocycles. The molecule has 0 aliphatic rings. The van der Waals surface area contributed by atoms with Gasteiger partial charge in [0, 0.05) is 11.9 Å². The van der Waals surface area contributed by atoms with E-state index in [0.29, 0.717) is 6.42 Å². The minimum Gasteiger partial charge on any atom is -0.481 e. The van der Waals surface area contributed by atoms with Crippen molar-refractivity contribution in [1.29, 1.82) is 0 Å². The van der Waals surface area contributed by atoms with Crippen LogP contribution >= 0.6 is 0 Å². The Bertz CT molecular complexity index is 379. The largest absolute Gasteiger partial charge is 0.481 e. The van der Waals surface area contributed by atoms with Crippen LogP contribution in [-0.4, -0.2) is 11.1 Å². The quantitative estimate of drug-likeness (QED) is 0.319. The number of carboxylic acid groups (broad SMARTS) is 1. The topological polar surface area (TPSA) is 37.3 Å². The fourth-order valence-corrected chi connectivity index (χ4v) is 1.91. The molecule has 0 spiro atoms. The second kappa shape index (κ2) is 16.0. The number of hydrogen-bond donors (Lipinski definition) is 1. The third-order valence-corrected chi connectivity index (χ3v) is 3.09. The lowest BCUT2D eigenvalue weighted by atomic mass is 10.1. The first-order valence-corrected chi connectivity index (χ1v) is 7.74. The molecule has 0 aromatic carbocycles. The van der Waals surface area contributed by atoms with Gasteiger partial charge in [-0.2, -0.15) is 0 Å². The molecular formula is C18H32O2. The molecule has 0 aliphatic heterocycles. The molecule has 0 aromatic rings. The minimum atomic E-state index is -1.70. The summed E-state index contributed by atoms with van der Waals surface area (Å²) in [5, 5.41) is 8.51. The molecule has 0 aliphatic carbocycles. The zero-order valence-corrected chi connectivity index (χ0v) is 12.5. The predicted octanol–water partition coefficient (Wildman–Crippen LogP) is 5.88. The Hall–Kier alpha value is -1.05. The van der Waals surface area contributed by atoms with Crippen molar-refractivity contribution < 1.29 is 15.4 Å². The van der Waals surface area contributed by atoms with Gasteiger partial charge in [-0.25, -0.2) is 0 Å². The van der Waals surface area contributed by atoms with Crippen molar-refractivity contribution in [2.75, 3.05) is 0 Å². The molecule has 0 heterocycles. The minimum absolute atomic E-state index is 0.279. The van der Waals surface area contributed by atoms with Crippen molar-refractivity contribution in [1.82, 2.24) is 0 Å². The fourth-order valence-electron chi connectivity index (χ4n) is 1.91. The van der Waals surface area contributed by atoms with Crippen LogP contribution in [0.4, 0.5) is 0 Å². The van der Waals surface area contributed by atoms with Crippen molar-refractivity contribution in [2.24, 2.45) is 0 Å². The van der Waals surface area contributed by atoms with E-state index in [9.17, 15) is 4.79 Å². The number of hydrogen-bond acceptors (Lipinski definition) is 1. The Balaban J connectivity index is 3.42. The molecule has 20 heavy (non-hydrogen) atoms. The van der Waals surface area contributed by atoms with Crippen LogP contribution in [0.1, 0.15) is 89.4 Å². The summed E-state index contributed by atoms with van der Waals surface area (Å²) in [6.45, 7) is -1.41. The van der Waals surface area contributed by atoms with Gasteiger partial charge >= 0.3 is 5.97 Å². The van der Waals surface area contributed by atoms with Gasteiger partial charge < -0.3 is 5.11 Å². The van der Waals surface area contributed by atoms with E-state index in [-0.39, 0.29) is 12.8 Å². The molecule has 0 radical (unpaired) electrons. The summed E-state index contributed by atoms with van der Waals surface area (Å²) in [5.74, 6) is -0.708.